The van der Waals surface area contributed by atoms with Gasteiger partial charge in [0.25, 0.3) is 0 Å². The molecule has 19 heavy (non-hydrogen) atoms. The minimum atomic E-state index is 0.146. The fraction of sp³-hybridized carbons (Fsp3) is 0.562. The van der Waals surface area contributed by atoms with Crippen molar-refractivity contribution in [2.45, 2.75) is 33.2 Å². The van der Waals surface area contributed by atoms with Crippen molar-refractivity contribution in [2.24, 2.45) is 5.92 Å². The summed E-state index contributed by atoms with van der Waals surface area (Å²) in [5.41, 5.74) is 1.21. The molecule has 0 aliphatic carbocycles. The van der Waals surface area contributed by atoms with Crippen LogP contribution in [0, 0.1) is 12.8 Å². The molecule has 0 spiro atoms. The largest absolute Gasteiger partial charge is 0.492 e. The number of aryl methyl sites for hydroxylation is 1. The molecular formula is C16H23NO2. The van der Waals surface area contributed by atoms with E-state index < -0.39 is 0 Å². The molecular weight excluding hydrogens is 238 g/mol. The van der Waals surface area contributed by atoms with E-state index in [1.165, 1.54) is 5.56 Å². The first-order valence-electron chi connectivity index (χ1n) is 7.04. The molecule has 0 bridgehead atoms. The number of carbonyl (C=O) groups is 1. The van der Waals surface area contributed by atoms with Crippen LogP contribution < -0.4 is 4.74 Å². The number of ether oxygens (including phenoxy) is 1. The van der Waals surface area contributed by atoms with Crippen molar-refractivity contribution < 1.29 is 9.53 Å². The van der Waals surface area contributed by atoms with Gasteiger partial charge in [0.1, 0.15) is 18.1 Å². The second-order valence-electron chi connectivity index (χ2n) is 5.45. The molecule has 1 saturated heterocycles. The van der Waals surface area contributed by atoms with Crippen LogP contribution in [0.4, 0.5) is 0 Å². The number of benzene rings is 1. The van der Waals surface area contributed by atoms with Crippen LogP contribution in [-0.2, 0) is 4.79 Å². The van der Waals surface area contributed by atoms with Gasteiger partial charge in [0.05, 0.1) is 0 Å². The molecule has 2 unspecified atom stereocenters. The molecule has 2 atom stereocenters. The van der Waals surface area contributed by atoms with Crippen LogP contribution in [0.1, 0.15) is 25.8 Å². The highest BCUT2D eigenvalue weighted by Gasteiger charge is 2.30. The topological polar surface area (TPSA) is 29.5 Å². The van der Waals surface area contributed by atoms with Crippen molar-refractivity contribution in [3.05, 3.63) is 29.8 Å². The first kappa shape index (κ1) is 14.1. The zero-order valence-corrected chi connectivity index (χ0v) is 12.1. The first-order valence-corrected chi connectivity index (χ1v) is 7.04. The molecule has 0 amide bonds. The Morgan fingerprint density at radius 1 is 1.37 bits per heavy atom. The fourth-order valence-electron chi connectivity index (χ4n) is 2.57. The summed E-state index contributed by atoms with van der Waals surface area (Å²) < 4.78 is 5.77. The van der Waals surface area contributed by atoms with E-state index in [9.17, 15) is 4.79 Å². The Kier molecular flexibility index (Phi) is 4.59. The standard InChI is InChI=1S/C16H23NO2/c1-12-5-4-6-15(11-12)19-10-9-17-8-7-16(18)13(2)14(17)3/h4-6,11,13-14H,7-10H2,1-3H3. The average Bonchev–Trinajstić information content (AvgIpc) is 2.39. The van der Waals surface area contributed by atoms with Gasteiger partial charge in [-0.05, 0) is 31.5 Å². The fourth-order valence-corrected chi connectivity index (χ4v) is 2.57. The lowest BCUT2D eigenvalue weighted by Gasteiger charge is -2.36. The molecule has 0 aromatic heterocycles. The second-order valence-corrected chi connectivity index (χ2v) is 5.45. The van der Waals surface area contributed by atoms with E-state index in [-0.39, 0.29) is 5.92 Å². The van der Waals surface area contributed by atoms with Crippen LogP contribution in [0.3, 0.4) is 0 Å². The first-order chi connectivity index (χ1) is 9.08. The number of carbonyl (C=O) groups excluding carboxylic acids is 1. The second kappa shape index (κ2) is 6.20. The van der Waals surface area contributed by atoms with Gasteiger partial charge in [0.15, 0.2) is 0 Å². The van der Waals surface area contributed by atoms with Crippen molar-refractivity contribution in [1.82, 2.24) is 4.90 Å². The van der Waals surface area contributed by atoms with Gasteiger partial charge in [-0.1, -0.05) is 19.1 Å². The lowest BCUT2D eigenvalue weighted by Crippen LogP contribution is -2.48. The molecule has 0 N–H and O–H groups in total. The molecule has 0 saturated carbocycles. The van der Waals surface area contributed by atoms with E-state index in [2.05, 4.69) is 24.8 Å². The van der Waals surface area contributed by atoms with Gasteiger partial charge < -0.3 is 4.74 Å². The van der Waals surface area contributed by atoms with Gasteiger partial charge in [0.2, 0.25) is 0 Å². The summed E-state index contributed by atoms with van der Waals surface area (Å²) in [6.45, 7) is 8.64. The summed E-state index contributed by atoms with van der Waals surface area (Å²) in [5.74, 6) is 1.46. The van der Waals surface area contributed by atoms with E-state index in [1.807, 2.05) is 25.1 Å². The number of ketones is 1. The quantitative estimate of drug-likeness (QED) is 0.834. The third-order valence-corrected chi connectivity index (χ3v) is 4.09. The molecule has 1 aromatic rings. The molecule has 1 fully saturated rings. The van der Waals surface area contributed by atoms with Gasteiger partial charge >= 0.3 is 0 Å². The molecule has 0 radical (unpaired) electrons. The predicted molar refractivity (Wildman–Crippen MR) is 76.5 cm³/mol. The number of hydrogen-bond donors (Lipinski definition) is 0. The number of likely N-dealkylation sites (tertiary alicyclic amines) is 1. The highest BCUT2D eigenvalue weighted by Crippen LogP contribution is 2.20. The highest BCUT2D eigenvalue weighted by molar-refractivity contribution is 5.82. The maximum Gasteiger partial charge on any atom is 0.138 e. The summed E-state index contributed by atoms with van der Waals surface area (Å²) in [7, 11) is 0. The Morgan fingerprint density at radius 2 is 2.16 bits per heavy atom. The zero-order chi connectivity index (χ0) is 13.8. The molecule has 3 heteroatoms. The maximum absolute atomic E-state index is 11.6. The lowest BCUT2D eigenvalue weighted by atomic mass is 9.91. The van der Waals surface area contributed by atoms with Crippen LogP contribution in [0.2, 0.25) is 0 Å². The minimum absolute atomic E-state index is 0.146. The van der Waals surface area contributed by atoms with Crippen molar-refractivity contribution in [1.29, 1.82) is 0 Å². The van der Waals surface area contributed by atoms with E-state index in [0.717, 1.165) is 18.8 Å². The third-order valence-electron chi connectivity index (χ3n) is 4.09. The summed E-state index contributed by atoms with van der Waals surface area (Å²) in [6.07, 6.45) is 0.677. The van der Waals surface area contributed by atoms with Crippen molar-refractivity contribution in [3.8, 4) is 5.75 Å². The van der Waals surface area contributed by atoms with Gasteiger partial charge in [0, 0.05) is 31.5 Å². The normalized spacial score (nSPS) is 24.5. The number of Topliss-reactive ketones (excluding diaryl/α,β-unsaturated/α-hetero) is 1. The van der Waals surface area contributed by atoms with E-state index in [4.69, 9.17) is 4.74 Å². The Labute approximate surface area is 115 Å². The number of hydrogen-bond acceptors (Lipinski definition) is 3. The van der Waals surface area contributed by atoms with Gasteiger partial charge in [-0.15, -0.1) is 0 Å². The van der Waals surface area contributed by atoms with Gasteiger partial charge in [-0.3, -0.25) is 9.69 Å². The Hall–Kier alpha value is -1.35. The zero-order valence-electron chi connectivity index (χ0n) is 12.1. The van der Waals surface area contributed by atoms with Crippen molar-refractivity contribution >= 4 is 5.78 Å². The van der Waals surface area contributed by atoms with Crippen molar-refractivity contribution in [2.75, 3.05) is 19.7 Å². The summed E-state index contributed by atoms with van der Waals surface area (Å²) in [4.78, 5) is 14.0. The van der Waals surface area contributed by atoms with Crippen LogP contribution >= 0.6 is 0 Å². The molecule has 2 rings (SSSR count). The molecule has 1 aliphatic rings. The lowest BCUT2D eigenvalue weighted by molar-refractivity contribution is -0.128. The minimum Gasteiger partial charge on any atom is -0.492 e. The van der Waals surface area contributed by atoms with Crippen LogP contribution in [-0.4, -0.2) is 36.4 Å². The Bertz CT molecular complexity index is 444. The highest BCUT2D eigenvalue weighted by atomic mass is 16.5. The number of rotatable bonds is 4. The van der Waals surface area contributed by atoms with Crippen molar-refractivity contribution in [3.63, 3.8) is 0 Å². The molecule has 1 aromatic carbocycles. The SMILES string of the molecule is Cc1cccc(OCCN2CCC(=O)C(C)C2C)c1. The molecule has 3 nitrogen and oxygen atoms in total. The number of piperidine rings is 1. The van der Waals surface area contributed by atoms with Crippen LogP contribution in [0.25, 0.3) is 0 Å². The van der Waals surface area contributed by atoms with E-state index >= 15 is 0 Å². The van der Waals surface area contributed by atoms with Gasteiger partial charge in [-0.25, -0.2) is 0 Å². The smallest absolute Gasteiger partial charge is 0.138 e. The Morgan fingerprint density at radius 3 is 2.89 bits per heavy atom. The van der Waals surface area contributed by atoms with E-state index in [0.29, 0.717) is 24.9 Å². The molecule has 1 aliphatic heterocycles. The van der Waals surface area contributed by atoms with Crippen LogP contribution in [0.5, 0.6) is 5.75 Å². The summed E-state index contributed by atoms with van der Waals surface area (Å²) in [6, 6.07) is 8.43. The monoisotopic (exact) mass is 261 g/mol. The number of nitrogens with zero attached hydrogens (tertiary/aromatic N) is 1. The maximum atomic E-state index is 11.6. The molecule has 1 heterocycles. The van der Waals surface area contributed by atoms with E-state index in [1.54, 1.807) is 0 Å². The summed E-state index contributed by atoms with van der Waals surface area (Å²) >= 11 is 0. The third kappa shape index (κ3) is 3.57. The summed E-state index contributed by atoms with van der Waals surface area (Å²) in [5, 5.41) is 0. The Balaban J connectivity index is 1.81. The van der Waals surface area contributed by atoms with Gasteiger partial charge in [-0.2, -0.15) is 0 Å². The molecule has 104 valence electrons. The average molecular weight is 261 g/mol. The predicted octanol–water partition coefficient (Wildman–Crippen LogP) is 2.67. The van der Waals surface area contributed by atoms with Crippen LogP contribution in [0.15, 0.2) is 24.3 Å².